The number of esters is 1. The summed E-state index contributed by atoms with van der Waals surface area (Å²) < 4.78 is 16.0. The van der Waals surface area contributed by atoms with Crippen LogP contribution >= 0.6 is 0 Å². The second-order valence-corrected chi connectivity index (χ2v) is 4.19. The molecule has 4 nitrogen and oxygen atoms in total. The summed E-state index contributed by atoms with van der Waals surface area (Å²) in [5.74, 6) is 0.376. The van der Waals surface area contributed by atoms with E-state index in [9.17, 15) is 4.79 Å². The Morgan fingerprint density at radius 2 is 2.05 bits per heavy atom. The molecule has 110 valence electrons. The van der Waals surface area contributed by atoms with Gasteiger partial charge in [0.2, 0.25) is 6.29 Å². The molecular formula is C16H22O4. The molecule has 0 heterocycles. The number of ether oxygens (including phenoxy) is 3. The zero-order chi connectivity index (χ0) is 14.8. The van der Waals surface area contributed by atoms with Gasteiger partial charge in [-0.15, -0.1) is 0 Å². The molecule has 0 bridgehead atoms. The quantitative estimate of drug-likeness (QED) is 0.415. The fourth-order valence-electron chi connectivity index (χ4n) is 1.60. The highest BCUT2D eigenvalue weighted by Crippen LogP contribution is 2.20. The second kappa shape index (κ2) is 9.02. The third-order valence-electron chi connectivity index (χ3n) is 2.51. The van der Waals surface area contributed by atoms with Gasteiger partial charge in [0, 0.05) is 12.5 Å². The summed E-state index contributed by atoms with van der Waals surface area (Å²) in [5.41, 5.74) is 0.792. The largest absolute Gasteiger partial charge is 0.466 e. The van der Waals surface area contributed by atoms with Crippen LogP contribution in [0.1, 0.15) is 32.8 Å². The Hall–Kier alpha value is -1.97. The maximum Gasteiger partial charge on any atom is 0.310 e. The Morgan fingerprint density at radius 1 is 1.30 bits per heavy atom. The highest BCUT2D eigenvalue weighted by atomic mass is 16.7. The van der Waals surface area contributed by atoms with Crippen LogP contribution in [0.3, 0.4) is 0 Å². The van der Waals surface area contributed by atoms with Gasteiger partial charge in [-0.05, 0) is 25.5 Å². The third kappa shape index (κ3) is 5.78. The van der Waals surface area contributed by atoms with Crippen LogP contribution in [0.15, 0.2) is 36.6 Å². The van der Waals surface area contributed by atoms with E-state index < -0.39 is 6.29 Å². The summed E-state index contributed by atoms with van der Waals surface area (Å²) >= 11 is 0. The van der Waals surface area contributed by atoms with E-state index in [0.29, 0.717) is 12.4 Å². The van der Waals surface area contributed by atoms with Crippen LogP contribution in [0.25, 0.3) is 0 Å². The molecule has 0 aliphatic rings. The van der Waals surface area contributed by atoms with E-state index in [-0.39, 0.29) is 12.4 Å². The van der Waals surface area contributed by atoms with E-state index in [1.807, 2.05) is 37.3 Å². The number of hydrogen-bond acceptors (Lipinski definition) is 4. The van der Waals surface area contributed by atoms with Gasteiger partial charge in [-0.1, -0.05) is 25.1 Å². The van der Waals surface area contributed by atoms with E-state index in [1.54, 1.807) is 20.1 Å². The molecule has 0 saturated heterocycles. The van der Waals surface area contributed by atoms with Gasteiger partial charge in [0.15, 0.2) is 0 Å². The van der Waals surface area contributed by atoms with Crippen LogP contribution in [0.2, 0.25) is 0 Å². The normalized spacial score (nSPS) is 12.2. The number of benzene rings is 1. The minimum Gasteiger partial charge on any atom is -0.466 e. The first-order chi connectivity index (χ1) is 9.67. The zero-order valence-corrected chi connectivity index (χ0v) is 12.3. The van der Waals surface area contributed by atoms with E-state index in [4.69, 9.17) is 14.2 Å². The molecule has 1 aromatic carbocycles. The molecule has 0 aromatic heterocycles. The van der Waals surface area contributed by atoms with Crippen molar-refractivity contribution < 1.29 is 19.0 Å². The van der Waals surface area contributed by atoms with Crippen LogP contribution in [0.5, 0.6) is 5.75 Å². The first-order valence-electron chi connectivity index (χ1n) is 6.88. The molecule has 0 saturated carbocycles. The predicted molar refractivity (Wildman–Crippen MR) is 77.4 cm³/mol. The molecule has 1 unspecified atom stereocenters. The number of rotatable bonds is 8. The number of para-hydroxylation sites is 1. The lowest BCUT2D eigenvalue weighted by molar-refractivity contribution is -0.142. The third-order valence-corrected chi connectivity index (χ3v) is 2.51. The van der Waals surface area contributed by atoms with Crippen LogP contribution in [0, 0.1) is 0 Å². The first-order valence-corrected chi connectivity index (χ1v) is 6.88. The van der Waals surface area contributed by atoms with E-state index in [1.165, 1.54) is 0 Å². The average Bonchev–Trinajstić information content (AvgIpc) is 2.41. The van der Waals surface area contributed by atoms with Crippen molar-refractivity contribution in [3.05, 3.63) is 42.2 Å². The van der Waals surface area contributed by atoms with E-state index in [2.05, 4.69) is 0 Å². The molecule has 1 rings (SSSR count). The minimum atomic E-state index is -0.416. The number of carbonyl (C=O) groups excluding carboxylic acids is 1. The molecule has 0 fully saturated rings. The van der Waals surface area contributed by atoms with Crippen molar-refractivity contribution in [2.75, 3.05) is 6.61 Å². The van der Waals surface area contributed by atoms with Crippen molar-refractivity contribution in [2.24, 2.45) is 0 Å². The summed E-state index contributed by atoms with van der Waals surface area (Å²) in [7, 11) is 0. The molecule has 4 heteroatoms. The monoisotopic (exact) mass is 278 g/mol. The van der Waals surface area contributed by atoms with Crippen molar-refractivity contribution >= 4 is 5.97 Å². The molecule has 0 N–H and O–H groups in total. The van der Waals surface area contributed by atoms with Crippen LogP contribution in [0.4, 0.5) is 0 Å². The molecule has 0 aliphatic heterocycles. The Kier molecular flexibility index (Phi) is 7.25. The van der Waals surface area contributed by atoms with Crippen molar-refractivity contribution in [3.8, 4) is 5.75 Å². The highest BCUT2D eigenvalue weighted by Gasteiger charge is 2.11. The van der Waals surface area contributed by atoms with Gasteiger partial charge in [0.25, 0.3) is 0 Å². The number of hydrogen-bond donors (Lipinski definition) is 0. The summed E-state index contributed by atoms with van der Waals surface area (Å²) in [4.78, 5) is 11.5. The standard InChI is InChI=1S/C16H22O4/c1-4-6-11-19-13(3)20-15-10-8-7-9-14(15)12-16(17)18-5-2/h6-11,13H,4-5,12H2,1-3H3/b11-6-. The lowest BCUT2D eigenvalue weighted by Crippen LogP contribution is -2.15. The molecule has 1 atom stereocenters. The molecule has 0 amide bonds. The summed E-state index contributed by atoms with van der Waals surface area (Å²) in [6, 6.07) is 7.39. The van der Waals surface area contributed by atoms with Gasteiger partial charge < -0.3 is 14.2 Å². The van der Waals surface area contributed by atoms with Crippen molar-refractivity contribution in [3.63, 3.8) is 0 Å². The maximum absolute atomic E-state index is 11.5. The molecule has 1 aromatic rings. The van der Waals surface area contributed by atoms with Crippen LogP contribution < -0.4 is 4.74 Å². The van der Waals surface area contributed by atoms with Crippen molar-refractivity contribution in [2.45, 2.75) is 39.9 Å². The van der Waals surface area contributed by atoms with Crippen LogP contribution in [-0.2, 0) is 20.7 Å². The zero-order valence-electron chi connectivity index (χ0n) is 12.3. The van der Waals surface area contributed by atoms with Gasteiger partial charge in [0.1, 0.15) is 5.75 Å². The molecule has 0 spiro atoms. The van der Waals surface area contributed by atoms with Crippen molar-refractivity contribution in [1.29, 1.82) is 0 Å². The Morgan fingerprint density at radius 3 is 2.75 bits per heavy atom. The van der Waals surface area contributed by atoms with Gasteiger partial charge in [-0.2, -0.15) is 0 Å². The summed E-state index contributed by atoms with van der Waals surface area (Å²) in [5, 5.41) is 0. The second-order valence-electron chi connectivity index (χ2n) is 4.19. The van der Waals surface area contributed by atoms with E-state index >= 15 is 0 Å². The topological polar surface area (TPSA) is 44.8 Å². The molecule has 0 aliphatic carbocycles. The Balaban J connectivity index is 2.65. The van der Waals surface area contributed by atoms with Crippen molar-refractivity contribution in [1.82, 2.24) is 0 Å². The fourth-order valence-corrected chi connectivity index (χ4v) is 1.60. The predicted octanol–water partition coefficient (Wildman–Crippen LogP) is 3.46. The Bertz CT molecular complexity index is 440. The van der Waals surface area contributed by atoms with Gasteiger partial charge in [-0.25, -0.2) is 0 Å². The Labute approximate surface area is 120 Å². The molecule has 20 heavy (non-hydrogen) atoms. The summed E-state index contributed by atoms with van der Waals surface area (Å²) in [6.07, 6.45) is 4.22. The number of carbonyl (C=O) groups is 1. The highest BCUT2D eigenvalue weighted by molar-refractivity contribution is 5.73. The molecule has 0 radical (unpaired) electrons. The fraction of sp³-hybridized carbons (Fsp3) is 0.438. The maximum atomic E-state index is 11.5. The van der Waals surface area contributed by atoms with Gasteiger partial charge in [-0.3, -0.25) is 4.79 Å². The lowest BCUT2D eigenvalue weighted by Gasteiger charge is -2.16. The summed E-state index contributed by atoms with van der Waals surface area (Å²) in [6.45, 7) is 6.00. The lowest BCUT2D eigenvalue weighted by atomic mass is 10.1. The van der Waals surface area contributed by atoms with E-state index in [0.717, 1.165) is 12.0 Å². The van der Waals surface area contributed by atoms with Crippen LogP contribution in [-0.4, -0.2) is 18.9 Å². The first kappa shape index (κ1) is 16.1. The van der Waals surface area contributed by atoms with Gasteiger partial charge in [0.05, 0.1) is 19.3 Å². The van der Waals surface area contributed by atoms with Gasteiger partial charge >= 0.3 is 5.97 Å². The number of allylic oxidation sites excluding steroid dienone is 1. The SMILES string of the molecule is CC/C=C\OC(C)Oc1ccccc1CC(=O)OCC. The average molecular weight is 278 g/mol. The molecular weight excluding hydrogens is 256 g/mol. The minimum absolute atomic E-state index is 0.196. The smallest absolute Gasteiger partial charge is 0.310 e.